The highest BCUT2D eigenvalue weighted by Crippen LogP contribution is 2.33. The number of aliphatic hydroxyl groups excluding tert-OH is 1. The molecule has 0 radical (unpaired) electrons. The van der Waals surface area contributed by atoms with Crippen molar-refractivity contribution in [3.63, 3.8) is 0 Å². The van der Waals surface area contributed by atoms with Crippen LogP contribution < -0.4 is 0 Å². The van der Waals surface area contributed by atoms with Gasteiger partial charge in [-0.1, -0.05) is 6.07 Å². The molecule has 1 aromatic carbocycles. The third-order valence-electron chi connectivity index (χ3n) is 3.35. The van der Waals surface area contributed by atoms with Crippen LogP contribution >= 0.6 is 0 Å². The Morgan fingerprint density at radius 3 is 2.53 bits per heavy atom. The molecule has 4 heteroatoms. The normalized spacial score (nSPS) is 24.9. The number of aliphatic hydroxyl groups is 1. The molecular formula is C13H16F2O2. The summed E-state index contributed by atoms with van der Waals surface area (Å²) >= 11 is 0. The van der Waals surface area contributed by atoms with Crippen molar-refractivity contribution in [3.05, 3.63) is 35.4 Å². The molecule has 1 aliphatic heterocycles. The van der Waals surface area contributed by atoms with Gasteiger partial charge in [0.2, 0.25) is 0 Å². The molecule has 1 saturated heterocycles. The van der Waals surface area contributed by atoms with E-state index >= 15 is 0 Å². The number of benzene rings is 1. The van der Waals surface area contributed by atoms with Crippen LogP contribution in [-0.4, -0.2) is 24.9 Å². The molecule has 94 valence electrons. The van der Waals surface area contributed by atoms with Crippen LogP contribution in [0.15, 0.2) is 18.2 Å². The molecule has 1 fully saturated rings. The first-order chi connectivity index (χ1) is 8.17. The molecular weight excluding hydrogens is 226 g/mol. The fourth-order valence-corrected chi connectivity index (χ4v) is 2.31. The second-order valence-electron chi connectivity index (χ2n) is 4.69. The highest BCUT2D eigenvalue weighted by Gasteiger charge is 2.34. The van der Waals surface area contributed by atoms with Gasteiger partial charge in [-0.3, -0.25) is 0 Å². The maximum Gasteiger partial charge on any atom is 0.129 e. The average molecular weight is 242 g/mol. The first-order valence-electron chi connectivity index (χ1n) is 5.78. The summed E-state index contributed by atoms with van der Waals surface area (Å²) < 4.78 is 32.4. The van der Waals surface area contributed by atoms with E-state index in [1.165, 1.54) is 18.2 Å². The van der Waals surface area contributed by atoms with E-state index in [9.17, 15) is 13.9 Å². The van der Waals surface area contributed by atoms with Crippen LogP contribution in [0.4, 0.5) is 8.78 Å². The minimum Gasteiger partial charge on any atom is -0.396 e. The first kappa shape index (κ1) is 12.5. The van der Waals surface area contributed by atoms with Crippen LogP contribution in [0.5, 0.6) is 0 Å². The van der Waals surface area contributed by atoms with E-state index in [0.717, 1.165) is 12.8 Å². The van der Waals surface area contributed by atoms with Crippen LogP contribution in [0.25, 0.3) is 0 Å². The Labute approximate surface area is 99.2 Å². The van der Waals surface area contributed by atoms with E-state index < -0.39 is 17.0 Å². The minimum absolute atomic E-state index is 0.0482. The second-order valence-corrected chi connectivity index (χ2v) is 4.69. The van der Waals surface area contributed by atoms with Gasteiger partial charge in [0.1, 0.15) is 11.6 Å². The summed E-state index contributed by atoms with van der Waals surface area (Å²) in [6.07, 6.45) is 1.73. The number of hydrogen-bond donors (Lipinski definition) is 1. The molecule has 0 spiro atoms. The lowest BCUT2D eigenvalue weighted by Gasteiger charge is -2.35. The molecule has 17 heavy (non-hydrogen) atoms. The summed E-state index contributed by atoms with van der Waals surface area (Å²) in [7, 11) is 0. The molecule has 1 aromatic rings. The van der Waals surface area contributed by atoms with Gasteiger partial charge in [0.05, 0.1) is 13.2 Å². The monoisotopic (exact) mass is 242 g/mol. The Morgan fingerprint density at radius 1 is 1.29 bits per heavy atom. The van der Waals surface area contributed by atoms with Gasteiger partial charge in [-0.15, -0.1) is 0 Å². The average Bonchev–Trinajstić information content (AvgIpc) is 2.35. The lowest BCUT2D eigenvalue weighted by atomic mass is 9.78. The molecule has 2 nitrogen and oxygen atoms in total. The van der Waals surface area contributed by atoms with E-state index in [0.29, 0.717) is 13.2 Å². The van der Waals surface area contributed by atoms with Crippen molar-refractivity contribution in [1.29, 1.82) is 0 Å². The predicted molar refractivity (Wildman–Crippen MR) is 59.6 cm³/mol. The molecule has 1 atom stereocenters. The van der Waals surface area contributed by atoms with Gasteiger partial charge in [-0.05, 0) is 31.4 Å². The van der Waals surface area contributed by atoms with Gasteiger partial charge < -0.3 is 9.84 Å². The van der Waals surface area contributed by atoms with Crippen molar-refractivity contribution in [2.45, 2.75) is 19.3 Å². The van der Waals surface area contributed by atoms with Crippen LogP contribution in [0.1, 0.15) is 18.4 Å². The fraction of sp³-hybridized carbons (Fsp3) is 0.538. The zero-order chi connectivity index (χ0) is 12.3. The third-order valence-corrected chi connectivity index (χ3v) is 3.35. The van der Waals surface area contributed by atoms with Gasteiger partial charge in [0, 0.05) is 17.6 Å². The van der Waals surface area contributed by atoms with E-state index in [4.69, 9.17) is 4.74 Å². The molecule has 0 aromatic heterocycles. The van der Waals surface area contributed by atoms with Crippen LogP contribution in [0.3, 0.4) is 0 Å². The molecule has 1 unspecified atom stereocenters. The summed E-state index contributed by atoms with van der Waals surface area (Å²) in [5.74, 6) is -1.10. The molecule has 0 aliphatic carbocycles. The van der Waals surface area contributed by atoms with E-state index in [-0.39, 0.29) is 18.6 Å². The lowest BCUT2D eigenvalue weighted by molar-refractivity contribution is -0.0386. The Kier molecular flexibility index (Phi) is 3.74. The smallest absolute Gasteiger partial charge is 0.129 e. The van der Waals surface area contributed by atoms with Crippen molar-refractivity contribution in [2.75, 3.05) is 19.8 Å². The first-order valence-corrected chi connectivity index (χ1v) is 5.78. The lowest BCUT2D eigenvalue weighted by Crippen LogP contribution is -2.37. The topological polar surface area (TPSA) is 29.5 Å². The standard InChI is InChI=1S/C13H16F2O2/c14-11-3-1-4-12(15)10(11)7-13(8-16)5-2-6-17-9-13/h1,3-4,16H,2,5-9H2. The summed E-state index contributed by atoms with van der Waals surface area (Å²) in [5, 5.41) is 9.46. The summed E-state index contributed by atoms with van der Waals surface area (Å²) in [5.41, 5.74) is -0.492. The van der Waals surface area contributed by atoms with Crippen LogP contribution in [-0.2, 0) is 11.2 Å². The molecule has 1 heterocycles. The highest BCUT2D eigenvalue weighted by molar-refractivity contribution is 5.21. The molecule has 0 bridgehead atoms. The van der Waals surface area contributed by atoms with Gasteiger partial charge in [-0.25, -0.2) is 8.78 Å². The van der Waals surface area contributed by atoms with Crippen molar-refractivity contribution in [1.82, 2.24) is 0 Å². The minimum atomic E-state index is -0.552. The summed E-state index contributed by atoms with van der Waals surface area (Å²) in [4.78, 5) is 0. The van der Waals surface area contributed by atoms with Gasteiger partial charge in [-0.2, -0.15) is 0 Å². The van der Waals surface area contributed by atoms with Crippen molar-refractivity contribution < 1.29 is 18.6 Å². The summed E-state index contributed by atoms with van der Waals surface area (Å²) in [6.45, 7) is 0.902. The number of ether oxygens (including phenoxy) is 1. The quantitative estimate of drug-likeness (QED) is 0.881. The van der Waals surface area contributed by atoms with Crippen LogP contribution in [0.2, 0.25) is 0 Å². The zero-order valence-electron chi connectivity index (χ0n) is 9.59. The molecule has 0 amide bonds. The van der Waals surface area contributed by atoms with Gasteiger partial charge >= 0.3 is 0 Å². The maximum absolute atomic E-state index is 13.5. The van der Waals surface area contributed by atoms with Gasteiger partial charge in [0.25, 0.3) is 0 Å². The number of hydrogen-bond acceptors (Lipinski definition) is 2. The SMILES string of the molecule is OCC1(Cc2c(F)cccc2F)CCCOC1. The summed E-state index contributed by atoms with van der Waals surface area (Å²) in [6, 6.07) is 3.83. The Morgan fingerprint density at radius 2 is 2.00 bits per heavy atom. The number of halogens is 2. The van der Waals surface area contributed by atoms with Gasteiger partial charge in [0.15, 0.2) is 0 Å². The van der Waals surface area contributed by atoms with Crippen LogP contribution in [0, 0.1) is 17.0 Å². The van der Waals surface area contributed by atoms with Crippen molar-refractivity contribution >= 4 is 0 Å². The molecule has 0 saturated carbocycles. The van der Waals surface area contributed by atoms with E-state index in [2.05, 4.69) is 0 Å². The predicted octanol–water partition coefficient (Wildman–Crippen LogP) is 2.30. The largest absolute Gasteiger partial charge is 0.396 e. The zero-order valence-corrected chi connectivity index (χ0v) is 9.59. The molecule has 2 rings (SSSR count). The van der Waals surface area contributed by atoms with E-state index in [1.54, 1.807) is 0 Å². The van der Waals surface area contributed by atoms with E-state index in [1.807, 2.05) is 0 Å². The van der Waals surface area contributed by atoms with Crippen molar-refractivity contribution in [3.8, 4) is 0 Å². The second kappa shape index (κ2) is 5.10. The highest BCUT2D eigenvalue weighted by atomic mass is 19.1. The maximum atomic E-state index is 13.5. The number of rotatable bonds is 3. The Balaban J connectivity index is 2.23. The Bertz CT molecular complexity index is 367. The Hall–Kier alpha value is -1.00. The third kappa shape index (κ3) is 2.64. The molecule has 1 aliphatic rings. The molecule has 1 N–H and O–H groups in total. The van der Waals surface area contributed by atoms with Crippen molar-refractivity contribution in [2.24, 2.45) is 5.41 Å². The fourth-order valence-electron chi connectivity index (χ4n) is 2.31.